The summed E-state index contributed by atoms with van der Waals surface area (Å²) in [6.07, 6.45) is 1.37. The molecule has 4 rings (SSSR count). The molecule has 2 atom stereocenters. The molecule has 2 fully saturated rings. The van der Waals surface area contributed by atoms with Crippen molar-refractivity contribution in [3.8, 4) is 23.0 Å². The number of ether oxygens (including phenoxy) is 3. The molecule has 1 N–H and O–H groups in total. The standard InChI is InChI=1S/C28H38F2N4O6/c1-16-14-34(12-11-33(16)6)25(35)22-23(17(2)31-27(36)40-28(3,4)5)39-24(32-22)19-9-10-20(38-26(29)30)21(13-19)37-15-18-7-8-18/h9-10,13,16-18,26H,7-8,11-12,14-15H2,1-6H3,(H,31,36)/t16?,17-/m0/s1. The van der Waals surface area contributed by atoms with Crippen LogP contribution in [0, 0.1) is 5.92 Å². The van der Waals surface area contributed by atoms with Gasteiger partial charge in [-0.15, -0.1) is 0 Å². The summed E-state index contributed by atoms with van der Waals surface area (Å²) in [6.45, 7) is 8.02. The van der Waals surface area contributed by atoms with Crippen LogP contribution in [0.25, 0.3) is 11.5 Å². The normalized spacial score (nSPS) is 18.9. The van der Waals surface area contributed by atoms with Crippen molar-refractivity contribution in [2.24, 2.45) is 5.92 Å². The van der Waals surface area contributed by atoms with Crippen LogP contribution in [0.4, 0.5) is 13.6 Å². The van der Waals surface area contributed by atoms with Gasteiger partial charge in [0.2, 0.25) is 5.89 Å². The molecule has 1 aromatic heterocycles. The lowest BCUT2D eigenvalue weighted by Gasteiger charge is -2.37. The number of hydrogen-bond acceptors (Lipinski definition) is 8. The summed E-state index contributed by atoms with van der Waals surface area (Å²) in [5.74, 6) is 0.320. The van der Waals surface area contributed by atoms with Gasteiger partial charge in [-0.25, -0.2) is 9.78 Å². The molecule has 1 unspecified atom stereocenters. The van der Waals surface area contributed by atoms with Gasteiger partial charge in [-0.1, -0.05) is 0 Å². The van der Waals surface area contributed by atoms with E-state index in [1.165, 1.54) is 18.2 Å². The zero-order chi connectivity index (χ0) is 29.2. The van der Waals surface area contributed by atoms with Crippen molar-refractivity contribution >= 4 is 12.0 Å². The van der Waals surface area contributed by atoms with Crippen LogP contribution in [0.2, 0.25) is 0 Å². The molecule has 1 aliphatic heterocycles. The monoisotopic (exact) mass is 564 g/mol. The predicted octanol–water partition coefficient (Wildman–Crippen LogP) is 5.09. The molecule has 220 valence electrons. The van der Waals surface area contributed by atoms with Gasteiger partial charge in [-0.3, -0.25) is 4.79 Å². The van der Waals surface area contributed by atoms with E-state index in [-0.39, 0.29) is 40.8 Å². The smallest absolute Gasteiger partial charge is 0.408 e. The lowest BCUT2D eigenvalue weighted by molar-refractivity contribution is -0.0515. The Hall–Kier alpha value is -3.41. The summed E-state index contributed by atoms with van der Waals surface area (Å²) < 4.78 is 47.9. The fourth-order valence-electron chi connectivity index (χ4n) is 4.27. The third-order valence-electron chi connectivity index (χ3n) is 6.81. The number of carbonyl (C=O) groups excluding carboxylic acids is 2. The largest absolute Gasteiger partial charge is 0.489 e. The fourth-order valence-corrected chi connectivity index (χ4v) is 4.27. The van der Waals surface area contributed by atoms with E-state index in [9.17, 15) is 18.4 Å². The molecule has 1 aromatic carbocycles. The van der Waals surface area contributed by atoms with E-state index in [1.54, 1.807) is 32.6 Å². The van der Waals surface area contributed by atoms with E-state index >= 15 is 0 Å². The topological polar surface area (TPSA) is 106 Å². The summed E-state index contributed by atoms with van der Waals surface area (Å²) in [5, 5.41) is 2.71. The Bertz CT molecular complexity index is 1210. The van der Waals surface area contributed by atoms with Crippen molar-refractivity contribution in [2.75, 3.05) is 33.3 Å². The second-order valence-electron chi connectivity index (χ2n) is 11.5. The second-order valence-corrected chi connectivity index (χ2v) is 11.5. The van der Waals surface area contributed by atoms with E-state index < -0.39 is 24.3 Å². The molecule has 2 heterocycles. The van der Waals surface area contributed by atoms with Crippen LogP contribution in [-0.2, 0) is 4.74 Å². The fraction of sp³-hybridized carbons (Fsp3) is 0.607. The zero-order valence-corrected chi connectivity index (χ0v) is 23.8. The quantitative estimate of drug-likeness (QED) is 0.449. The maximum absolute atomic E-state index is 13.7. The summed E-state index contributed by atoms with van der Waals surface area (Å²) >= 11 is 0. The second kappa shape index (κ2) is 12.0. The lowest BCUT2D eigenvalue weighted by Crippen LogP contribution is -2.52. The number of carbonyl (C=O) groups is 2. The van der Waals surface area contributed by atoms with Gasteiger partial charge in [0.05, 0.1) is 12.6 Å². The molecule has 0 bridgehead atoms. The molecule has 1 aliphatic carbocycles. The number of oxazole rings is 1. The van der Waals surface area contributed by atoms with Crippen LogP contribution in [0.1, 0.15) is 69.8 Å². The highest BCUT2D eigenvalue weighted by molar-refractivity contribution is 5.94. The average Bonchev–Trinajstić information content (AvgIpc) is 3.58. The number of benzene rings is 1. The molecule has 0 radical (unpaired) electrons. The SMILES string of the molecule is CC1CN(C(=O)c2nc(-c3ccc(OC(F)F)c(OCC4CC4)c3)oc2[C@H](C)NC(=O)OC(C)(C)C)CCN1C. The molecule has 40 heavy (non-hydrogen) atoms. The molecule has 1 saturated carbocycles. The van der Waals surface area contributed by atoms with Gasteiger partial charge >= 0.3 is 12.7 Å². The van der Waals surface area contributed by atoms with Crippen LogP contribution in [0.5, 0.6) is 11.5 Å². The predicted molar refractivity (Wildman–Crippen MR) is 143 cm³/mol. The lowest BCUT2D eigenvalue weighted by atomic mass is 10.1. The maximum Gasteiger partial charge on any atom is 0.408 e. The Morgan fingerprint density at radius 1 is 1.20 bits per heavy atom. The number of amides is 2. The van der Waals surface area contributed by atoms with Gasteiger partial charge in [-0.05, 0) is 78.6 Å². The maximum atomic E-state index is 13.7. The number of alkyl carbamates (subject to hydrolysis) is 1. The first-order chi connectivity index (χ1) is 18.8. The summed E-state index contributed by atoms with van der Waals surface area (Å²) in [4.78, 5) is 34.6. The molecule has 12 heteroatoms. The molecular formula is C28H38F2N4O6. The van der Waals surface area contributed by atoms with Gasteiger partial charge < -0.3 is 33.7 Å². The Morgan fingerprint density at radius 2 is 1.93 bits per heavy atom. The highest BCUT2D eigenvalue weighted by Crippen LogP contribution is 2.37. The van der Waals surface area contributed by atoms with Gasteiger partial charge in [0, 0.05) is 31.2 Å². The number of hydrogen-bond donors (Lipinski definition) is 1. The van der Waals surface area contributed by atoms with E-state index in [1.807, 2.05) is 14.0 Å². The van der Waals surface area contributed by atoms with E-state index in [0.717, 1.165) is 12.8 Å². The summed E-state index contributed by atoms with van der Waals surface area (Å²) in [5.41, 5.74) is -0.253. The van der Waals surface area contributed by atoms with E-state index in [4.69, 9.17) is 13.9 Å². The number of piperazine rings is 1. The van der Waals surface area contributed by atoms with Crippen LogP contribution < -0.4 is 14.8 Å². The van der Waals surface area contributed by atoms with E-state index in [0.29, 0.717) is 37.7 Å². The van der Waals surface area contributed by atoms with Crippen molar-refractivity contribution in [2.45, 2.75) is 71.8 Å². The Kier molecular flexibility index (Phi) is 8.86. The highest BCUT2D eigenvalue weighted by atomic mass is 19.3. The summed E-state index contributed by atoms with van der Waals surface area (Å²) in [6, 6.07) is 3.77. The van der Waals surface area contributed by atoms with Gasteiger partial charge in [0.15, 0.2) is 23.0 Å². The van der Waals surface area contributed by atoms with Crippen molar-refractivity contribution in [1.29, 1.82) is 0 Å². The Balaban J connectivity index is 1.67. The highest BCUT2D eigenvalue weighted by Gasteiger charge is 2.33. The zero-order valence-electron chi connectivity index (χ0n) is 23.8. The van der Waals surface area contributed by atoms with Crippen molar-refractivity contribution in [3.05, 3.63) is 29.7 Å². The van der Waals surface area contributed by atoms with Gasteiger partial charge in [0.1, 0.15) is 5.60 Å². The molecule has 2 amide bonds. The molecule has 1 saturated heterocycles. The Morgan fingerprint density at radius 3 is 2.55 bits per heavy atom. The van der Waals surface area contributed by atoms with Gasteiger partial charge in [-0.2, -0.15) is 8.78 Å². The van der Waals surface area contributed by atoms with E-state index in [2.05, 4.69) is 19.9 Å². The number of nitrogens with one attached hydrogen (secondary N) is 1. The van der Waals surface area contributed by atoms with Crippen molar-refractivity contribution in [3.63, 3.8) is 0 Å². The number of halogens is 2. The first-order valence-electron chi connectivity index (χ1n) is 13.5. The number of alkyl halides is 2. The number of rotatable bonds is 9. The average molecular weight is 565 g/mol. The van der Waals surface area contributed by atoms with Crippen molar-refractivity contribution in [1.82, 2.24) is 20.1 Å². The minimum absolute atomic E-state index is 0.0590. The van der Waals surface area contributed by atoms with Crippen LogP contribution in [0.15, 0.2) is 22.6 Å². The Labute approximate surface area is 232 Å². The third-order valence-corrected chi connectivity index (χ3v) is 6.81. The number of likely N-dealkylation sites (N-methyl/N-ethyl adjacent to an activating group) is 1. The van der Waals surface area contributed by atoms with Crippen LogP contribution in [0.3, 0.4) is 0 Å². The minimum atomic E-state index is -3.02. The van der Waals surface area contributed by atoms with Crippen molar-refractivity contribution < 1.29 is 37.0 Å². The summed E-state index contributed by atoms with van der Waals surface area (Å²) in [7, 11) is 2.00. The minimum Gasteiger partial charge on any atom is -0.489 e. The molecule has 0 spiro atoms. The molecular weight excluding hydrogens is 526 g/mol. The molecule has 2 aliphatic rings. The number of nitrogens with zero attached hydrogens (tertiary/aromatic N) is 3. The van der Waals surface area contributed by atoms with Gasteiger partial charge in [0.25, 0.3) is 5.91 Å². The molecule has 2 aromatic rings. The van der Waals surface area contributed by atoms with Crippen LogP contribution in [-0.4, -0.2) is 78.3 Å². The number of aromatic nitrogens is 1. The third kappa shape index (κ3) is 7.61. The van der Waals surface area contributed by atoms with Crippen LogP contribution >= 0.6 is 0 Å². The first-order valence-corrected chi connectivity index (χ1v) is 13.5. The first kappa shape index (κ1) is 29.6. The molecule has 10 nitrogen and oxygen atoms in total.